The molecule has 0 N–H and O–H groups in total. The molecule has 0 aliphatic heterocycles. The molecular weight excluding hydrogens is 877 g/mol. The number of unbranched alkanes of at least 4 members (excludes halogenated alkanes) is 12. The lowest BCUT2D eigenvalue weighted by Crippen LogP contribution is -2.35. The Morgan fingerprint density at radius 3 is 0.583 bits per heavy atom. The standard InChI is InChI=1S/C66H106N6/c1-69(2,3)55-25-17-13-21-51-67(52-22-14-18-26-56-70(4,5)6)65-47-43-63(44-48-65)41-39-61-35-31-59(32-36-61)29-30-60-33-37-62(38-34-60)40-42-64-45-49-66(50-46-64)68(53-23-15-19-27-57-71(7,8)9)54-24-16-20-28-58-72(10,11)12/h29-50H,13-28,51-58H2,1-12H3/q+4/b30-29+,41-39+,42-40+. The van der Waals surface area contributed by atoms with Crippen LogP contribution in [-0.2, 0) is 0 Å². The van der Waals surface area contributed by atoms with Gasteiger partial charge in [0.15, 0.2) is 0 Å². The smallest absolute Gasteiger partial charge is 0.0780 e. The third-order valence-corrected chi connectivity index (χ3v) is 13.8. The van der Waals surface area contributed by atoms with Crippen molar-refractivity contribution in [2.75, 3.05) is 147 Å². The zero-order chi connectivity index (χ0) is 52.3. The maximum atomic E-state index is 2.65. The van der Waals surface area contributed by atoms with E-state index in [4.69, 9.17) is 0 Å². The van der Waals surface area contributed by atoms with Crippen LogP contribution in [0.2, 0.25) is 0 Å². The van der Waals surface area contributed by atoms with Gasteiger partial charge in [-0.05, 0) is 135 Å². The van der Waals surface area contributed by atoms with Gasteiger partial charge in [-0.15, -0.1) is 0 Å². The van der Waals surface area contributed by atoms with Crippen LogP contribution in [0.3, 0.4) is 0 Å². The molecule has 6 heteroatoms. The van der Waals surface area contributed by atoms with E-state index in [1.54, 1.807) is 0 Å². The molecule has 0 amide bonds. The van der Waals surface area contributed by atoms with E-state index in [0.29, 0.717) is 0 Å². The largest absolute Gasteiger partial charge is 0.372 e. The van der Waals surface area contributed by atoms with Crippen LogP contribution in [0.4, 0.5) is 11.4 Å². The number of anilines is 2. The lowest BCUT2D eigenvalue weighted by atomic mass is 10.1. The van der Waals surface area contributed by atoms with Crippen LogP contribution in [0.1, 0.15) is 136 Å². The number of quaternary nitrogens is 4. The topological polar surface area (TPSA) is 6.48 Å². The van der Waals surface area contributed by atoms with E-state index in [2.05, 4.69) is 228 Å². The average molecular weight is 984 g/mol. The lowest BCUT2D eigenvalue weighted by molar-refractivity contribution is -0.870. The molecular formula is C66H106N6+4. The molecule has 0 saturated heterocycles. The van der Waals surface area contributed by atoms with Crippen molar-refractivity contribution in [3.05, 3.63) is 130 Å². The van der Waals surface area contributed by atoms with Gasteiger partial charge in [-0.25, -0.2) is 0 Å². The number of nitrogens with zero attached hydrogens (tertiary/aromatic N) is 6. The SMILES string of the molecule is C[N+](C)(C)CCCCCCN(CCCCCC[N+](C)(C)C)c1ccc(/C=C/c2ccc(/C=C/c3ccc(/C=C/c4ccc(N(CCCCCC[N+](C)(C)C)CCCCCC[N+](C)(C)C)cc4)cc3)cc2)cc1. The fraction of sp³-hybridized carbons (Fsp3) is 0.545. The van der Waals surface area contributed by atoms with Gasteiger partial charge in [-0.2, -0.15) is 0 Å². The number of hydrogen-bond acceptors (Lipinski definition) is 2. The van der Waals surface area contributed by atoms with E-state index in [1.165, 1.54) is 174 Å². The van der Waals surface area contributed by atoms with Crippen LogP contribution in [0.25, 0.3) is 36.5 Å². The molecule has 6 nitrogen and oxygen atoms in total. The molecule has 0 unspecified atom stereocenters. The van der Waals surface area contributed by atoms with Crippen molar-refractivity contribution in [1.29, 1.82) is 0 Å². The first-order valence-electron chi connectivity index (χ1n) is 28.4. The Kier molecular flexibility index (Phi) is 26.1. The maximum absolute atomic E-state index is 2.65. The van der Waals surface area contributed by atoms with Crippen LogP contribution in [-0.4, -0.2) is 155 Å². The lowest BCUT2D eigenvalue weighted by Gasteiger charge is -2.26. The van der Waals surface area contributed by atoms with Crippen molar-refractivity contribution < 1.29 is 17.9 Å². The molecule has 0 aliphatic rings. The summed E-state index contributed by atoms with van der Waals surface area (Å²) in [4.78, 5) is 5.29. The molecule has 4 rings (SSSR count). The van der Waals surface area contributed by atoms with E-state index in [9.17, 15) is 0 Å². The van der Waals surface area contributed by atoms with Gasteiger partial charge in [-0.1, -0.05) is 135 Å². The summed E-state index contributed by atoms with van der Waals surface area (Å²) in [5.41, 5.74) is 10.0. The highest BCUT2D eigenvalue weighted by atomic mass is 15.3. The maximum Gasteiger partial charge on any atom is 0.0780 e. The number of hydrogen-bond donors (Lipinski definition) is 0. The first-order chi connectivity index (χ1) is 34.2. The monoisotopic (exact) mass is 983 g/mol. The highest BCUT2D eigenvalue weighted by Gasteiger charge is 2.12. The van der Waals surface area contributed by atoms with Crippen LogP contribution >= 0.6 is 0 Å². The Hall–Kier alpha value is -4.46. The summed E-state index contributed by atoms with van der Waals surface area (Å²) in [7, 11) is 27.6. The number of benzene rings is 4. The van der Waals surface area contributed by atoms with Crippen LogP contribution in [0, 0.1) is 0 Å². The van der Waals surface area contributed by atoms with Crippen LogP contribution in [0.5, 0.6) is 0 Å². The molecule has 0 spiro atoms. The summed E-state index contributed by atoms with van der Waals surface area (Å²) >= 11 is 0. The van der Waals surface area contributed by atoms with Crippen molar-refractivity contribution in [2.45, 2.75) is 103 Å². The normalized spacial score (nSPS) is 12.8. The van der Waals surface area contributed by atoms with Crippen LogP contribution in [0.15, 0.2) is 97.1 Å². The molecule has 72 heavy (non-hydrogen) atoms. The minimum atomic E-state index is 1.06. The number of rotatable bonds is 36. The van der Waals surface area contributed by atoms with Crippen LogP contribution < -0.4 is 9.80 Å². The van der Waals surface area contributed by atoms with Gasteiger partial charge in [0.25, 0.3) is 0 Å². The minimum Gasteiger partial charge on any atom is -0.372 e. The Labute approximate surface area is 443 Å². The van der Waals surface area contributed by atoms with Gasteiger partial charge >= 0.3 is 0 Å². The Morgan fingerprint density at radius 1 is 0.236 bits per heavy atom. The van der Waals surface area contributed by atoms with E-state index in [0.717, 1.165) is 44.1 Å². The summed E-state index contributed by atoms with van der Waals surface area (Å²) in [6.45, 7) is 9.62. The van der Waals surface area contributed by atoms with Gasteiger partial charge in [-0.3, -0.25) is 0 Å². The van der Waals surface area contributed by atoms with E-state index in [-0.39, 0.29) is 0 Å². The zero-order valence-corrected chi connectivity index (χ0v) is 48.4. The van der Waals surface area contributed by atoms with Gasteiger partial charge in [0.2, 0.25) is 0 Å². The summed E-state index contributed by atoms with van der Waals surface area (Å²) in [5.74, 6) is 0. The minimum absolute atomic E-state index is 1.06. The first-order valence-corrected chi connectivity index (χ1v) is 28.4. The van der Waals surface area contributed by atoms with Crippen molar-refractivity contribution in [3.63, 3.8) is 0 Å². The molecule has 0 heterocycles. The summed E-state index contributed by atoms with van der Waals surface area (Å²) in [6.07, 6.45) is 34.3. The second-order valence-corrected chi connectivity index (χ2v) is 25.2. The third-order valence-electron chi connectivity index (χ3n) is 13.8. The molecule has 4 aromatic carbocycles. The molecule has 4 aromatic rings. The fourth-order valence-corrected chi connectivity index (χ4v) is 9.32. The fourth-order valence-electron chi connectivity index (χ4n) is 9.32. The van der Waals surface area contributed by atoms with Gasteiger partial charge < -0.3 is 27.7 Å². The molecule has 0 saturated carbocycles. The second-order valence-electron chi connectivity index (χ2n) is 25.2. The van der Waals surface area contributed by atoms with Gasteiger partial charge in [0, 0.05) is 37.6 Å². The molecule has 0 fully saturated rings. The predicted octanol–water partition coefficient (Wildman–Crippen LogP) is 14.9. The van der Waals surface area contributed by atoms with Gasteiger partial charge in [0.05, 0.1) is 111 Å². The quantitative estimate of drug-likeness (QED) is 0.0255. The highest BCUT2D eigenvalue weighted by molar-refractivity contribution is 5.75. The molecule has 0 radical (unpaired) electrons. The first kappa shape index (κ1) is 60.1. The van der Waals surface area contributed by atoms with E-state index < -0.39 is 0 Å². The second kappa shape index (κ2) is 31.3. The summed E-state index contributed by atoms with van der Waals surface area (Å²) in [5, 5.41) is 0. The predicted molar refractivity (Wildman–Crippen MR) is 322 cm³/mol. The highest BCUT2D eigenvalue weighted by Crippen LogP contribution is 2.23. The Morgan fingerprint density at radius 2 is 0.403 bits per heavy atom. The Bertz CT molecular complexity index is 1910. The average Bonchev–Trinajstić information content (AvgIpc) is 3.32. The molecule has 0 bridgehead atoms. The van der Waals surface area contributed by atoms with Crippen molar-refractivity contribution in [3.8, 4) is 0 Å². The van der Waals surface area contributed by atoms with E-state index >= 15 is 0 Å². The molecule has 0 aromatic heterocycles. The van der Waals surface area contributed by atoms with E-state index in [1.807, 2.05) is 0 Å². The van der Waals surface area contributed by atoms with Crippen molar-refractivity contribution in [2.24, 2.45) is 0 Å². The summed E-state index contributed by atoms with van der Waals surface area (Å²) < 4.78 is 4.25. The zero-order valence-electron chi connectivity index (χ0n) is 48.4. The Balaban J connectivity index is 1.26. The van der Waals surface area contributed by atoms with Gasteiger partial charge in [0.1, 0.15) is 0 Å². The summed E-state index contributed by atoms with van der Waals surface area (Å²) in [6, 6.07) is 36.3. The van der Waals surface area contributed by atoms with Crippen molar-refractivity contribution in [1.82, 2.24) is 0 Å². The molecule has 0 atom stereocenters. The molecule has 396 valence electrons. The molecule has 0 aliphatic carbocycles. The third kappa shape index (κ3) is 28.1. The van der Waals surface area contributed by atoms with Crippen molar-refractivity contribution >= 4 is 47.8 Å².